The highest BCUT2D eigenvalue weighted by Crippen LogP contribution is 2.32. The number of benzene rings is 2. The minimum absolute atomic E-state index is 0.0304. The quantitative estimate of drug-likeness (QED) is 0.471. The second-order valence-corrected chi connectivity index (χ2v) is 8.93. The molecule has 2 aromatic carbocycles. The number of aromatic nitrogens is 1. The van der Waals surface area contributed by atoms with Gasteiger partial charge in [-0.25, -0.2) is 4.98 Å². The summed E-state index contributed by atoms with van der Waals surface area (Å²) in [5.41, 5.74) is 1.86. The molecule has 1 saturated heterocycles. The summed E-state index contributed by atoms with van der Waals surface area (Å²) in [6.45, 7) is 3.88. The summed E-state index contributed by atoms with van der Waals surface area (Å²) in [7, 11) is 0. The second-order valence-electron chi connectivity index (χ2n) is 7.00. The molecule has 7 heteroatoms. The van der Waals surface area contributed by atoms with Gasteiger partial charge in [0.2, 0.25) is 5.91 Å². The van der Waals surface area contributed by atoms with Crippen molar-refractivity contribution < 1.29 is 14.3 Å². The Morgan fingerprint density at radius 2 is 2.14 bits per heavy atom. The number of halogens is 1. The number of hydrogen-bond donors (Lipinski definition) is 0. The summed E-state index contributed by atoms with van der Waals surface area (Å²) in [5.74, 6) is 0.847. The van der Waals surface area contributed by atoms with Crippen molar-refractivity contribution in [3.8, 4) is 5.75 Å². The van der Waals surface area contributed by atoms with Gasteiger partial charge in [-0.1, -0.05) is 39.4 Å². The van der Waals surface area contributed by atoms with Gasteiger partial charge in [0.1, 0.15) is 5.75 Å². The molecule has 29 heavy (non-hydrogen) atoms. The first-order chi connectivity index (χ1) is 14.1. The first kappa shape index (κ1) is 20.3. The van der Waals surface area contributed by atoms with Gasteiger partial charge in [0.15, 0.2) is 5.13 Å². The van der Waals surface area contributed by atoms with E-state index in [0.29, 0.717) is 19.6 Å². The van der Waals surface area contributed by atoms with Crippen LogP contribution in [0, 0.1) is 0 Å². The van der Waals surface area contributed by atoms with Crippen molar-refractivity contribution in [2.75, 3.05) is 24.7 Å². The Hall–Kier alpha value is -1.96. The molecular weight excluding hydrogens is 452 g/mol. The van der Waals surface area contributed by atoms with E-state index >= 15 is 0 Å². The molecule has 1 atom stereocenters. The highest BCUT2D eigenvalue weighted by Gasteiger charge is 2.26. The van der Waals surface area contributed by atoms with Gasteiger partial charge in [0, 0.05) is 11.1 Å². The van der Waals surface area contributed by atoms with E-state index in [2.05, 4.69) is 15.9 Å². The Morgan fingerprint density at radius 3 is 2.86 bits per heavy atom. The molecule has 4 rings (SSSR count). The lowest BCUT2D eigenvalue weighted by molar-refractivity contribution is -0.118. The summed E-state index contributed by atoms with van der Waals surface area (Å²) < 4.78 is 13.4. The van der Waals surface area contributed by atoms with Crippen LogP contribution in [0.2, 0.25) is 0 Å². The van der Waals surface area contributed by atoms with Gasteiger partial charge in [-0.05, 0) is 55.7 Å². The fourth-order valence-electron chi connectivity index (χ4n) is 3.42. The standard InChI is InChI=1S/C22H23BrN2O3S/c1-2-27-17-8-5-15(6-9-17)12-21(26)25(14-18-4-3-11-28-18)22-24-19-10-7-16(23)13-20(19)29-22/h5-10,13,18H,2-4,11-12,14H2,1H3. The predicted molar refractivity (Wildman–Crippen MR) is 120 cm³/mol. The Balaban J connectivity index is 1.57. The highest BCUT2D eigenvalue weighted by molar-refractivity contribution is 9.10. The Kier molecular flexibility index (Phi) is 6.47. The molecule has 0 N–H and O–H groups in total. The van der Waals surface area contributed by atoms with Crippen molar-refractivity contribution in [3.05, 3.63) is 52.5 Å². The van der Waals surface area contributed by atoms with Gasteiger partial charge in [-0.3, -0.25) is 9.69 Å². The molecule has 1 unspecified atom stereocenters. The van der Waals surface area contributed by atoms with Crippen LogP contribution in [0.3, 0.4) is 0 Å². The van der Waals surface area contributed by atoms with Crippen LogP contribution in [0.25, 0.3) is 10.2 Å². The summed E-state index contributed by atoms with van der Waals surface area (Å²) in [6.07, 6.45) is 2.40. The average molecular weight is 475 g/mol. The lowest BCUT2D eigenvalue weighted by atomic mass is 10.1. The molecule has 152 valence electrons. The fourth-order valence-corrected chi connectivity index (χ4v) is 4.96. The molecule has 0 radical (unpaired) electrons. The molecule has 1 fully saturated rings. The van der Waals surface area contributed by atoms with Crippen LogP contribution in [0.1, 0.15) is 25.3 Å². The number of amides is 1. The molecule has 0 saturated carbocycles. The van der Waals surface area contributed by atoms with E-state index in [1.165, 1.54) is 11.3 Å². The zero-order valence-electron chi connectivity index (χ0n) is 16.3. The van der Waals surface area contributed by atoms with Crippen LogP contribution >= 0.6 is 27.3 Å². The minimum Gasteiger partial charge on any atom is -0.494 e. The van der Waals surface area contributed by atoms with Crippen molar-refractivity contribution in [3.63, 3.8) is 0 Å². The van der Waals surface area contributed by atoms with E-state index in [4.69, 9.17) is 14.5 Å². The number of ether oxygens (including phenoxy) is 2. The molecule has 1 amide bonds. The first-order valence-electron chi connectivity index (χ1n) is 9.82. The zero-order valence-corrected chi connectivity index (χ0v) is 18.7. The predicted octanol–water partition coefficient (Wildman–Crippen LogP) is 5.21. The SMILES string of the molecule is CCOc1ccc(CC(=O)N(CC2CCCO2)c2nc3ccc(Br)cc3s2)cc1. The van der Waals surface area contributed by atoms with Gasteiger partial charge < -0.3 is 9.47 Å². The van der Waals surface area contributed by atoms with E-state index in [1.807, 2.05) is 49.4 Å². The normalized spacial score (nSPS) is 16.3. The third-order valence-electron chi connectivity index (χ3n) is 4.87. The second kappa shape index (κ2) is 9.24. The van der Waals surface area contributed by atoms with Crippen molar-refractivity contribution in [1.82, 2.24) is 4.98 Å². The van der Waals surface area contributed by atoms with Crippen LogP contribution in [-0.2, 0) is 16.0 Å². The topological polar surface area (TPSA) is 51.7 Å². The van der Waals surface area contributed by atoms with Gasteiger partial charge in [-0.2, -0.15) is 0 Å². The third-order valence-corrected chi connectivity index (χ3v) is 6.41. The molecule has 0 bridgehead atoms. The van der Waals surface area contributed by atoms with Crippen LogP contribution in [0.4, 0.5) is 5.13 Å². The van der Waals surface area contributed by atoms with Crippen molar-refractivity contribution in [1.29, 1.82) is 0 Å². The first-order valence-corrected chi connectivity index (χ1v) is 11.4. The van der Waals surface area contributed by atoms with Crippen LogP contribution < -0.4 is 9.64 Å². The number of nitrogens with zero attached hydrogens (tertiary/aromatic N) is 2. The van der Waals surface area contributed by atoms with Crippen LogP contribution in [0.5, 0.6) is 5.75 Å². The average Bonchev–Trinajstić information content (AvgIpc) is 3.36. The van der Waals surface area contributed by atoms with Crippen LogP contribution in [-0.4, -0.2) is 36.8 Å². The highest BCUT2D eigenvalue weighted by atomic mass is 79.9. The molecule has 2 heterocycles. The van der Waals surface area contributed by atoms with Gasteiger partial charge in [0.05, 0.1) is 35.9 Å². The molecule has 1 aromatic heterocycles. The summed E-state index contributed by atoms with van der Waals surface area (Å²) in [5, 5.41) is 0.726. The zero-order chi connectivity index (χ0) is 20.2. The maximum Gasteiger partial charge on any atom is 0.233 e. The lowest BCUT2D eigenvalue weighted by Gasteiger charge is -2.23. The number of fused-ring (bicyclic) bond motifs is 1. The van der Waals surface area contributed by atoms with Crippen molar-refractivity contribution >= 4 is 48.5 Å². The van der Waals surface area contributed by atoms with E-state index in [9.17, 15) is 4.79 Å². The summed E-state index contributed by atoms with van der Waals surface area (Å²) in [4.78, 5) is 19.8. The molecular formula is C22H23BrN2O3S. The van der Waals surface area contributed by atoms with E-state index in [1.54, 1.807) is 4.90 Å². The van der Waals surface area contributed by atoms with E-state index in [-0.39, 0.29) is 12.0 Å². The number of anilines is 1. The minimum atomic E-state index is 0.0304. The van der Waals surface area contributed by atoms with Crippen molar-refractivity contribution in [2.24, 2.45) is 0 Å². The lowest BCUT2D eigenvalue weighted by Crippen LogP contribution is -2.38. The van der Waals surface area contributed by atoms with Crippen LogP contribution in [0.15, 0.2) is 46.9 Å². The largest absolute Gasteiger partial charge is 0.494 e. The maximum atomic E-state index is 13.3. The Morgan fingerprint density at radius 1 is 1.31 bits per heavy atom. The van der Waals surface area contributed by atoms with Gasteiger partial charge in [0.25, 0.3) is 0 Å². The molecule has 5 nitrogen and oxygen atoms in total. The van der Waals surface area contributed by atoms with E-state index in [0.717, 1.165) is 50.6 Å². The fraction of sp³-hybridized carbons (Fsp3) is 0.364. The van der Waals surface area contributed by atoms with Gasteiger partial charge in [-0.15, -0.1) is 0 Å². The molecule has 1 aliphatic heterocycles. The summed E-state index contributed by atoms with van der Waals surface area (Å²) >= 11 is 5.05. The maximum absolute atomic E-state index is 13.3. The molecule has 0 spiro atoms. The molecule has 0 aliphatic carbocycles. The number of carbonyl (C=O) groups excluding carboxylic acids is 1. The summed E-state index contributed by atoms with van der Waals surface area (Å²) in [6, 6.07) is 13.7. The number of carbonyl (C=O) groups is 1. The number of thiazole rings is 1. The molecule has 3 aromatic rings. The number of rotatable bonds is 7. The van der Waals surface area contributed by atoms with Crippen molar-refractivity contribution in [2.45, 2.75) is 32.3 Å². The smallest absolute Gasteiger partial charge is 0.233 e. The third kappa shape index (κ3) is 4.97. The Labute approximate surface area is 182 Å². The Bertz CT molecular complexity index is 983. The van der Waals surface area contributed by atoms with E-state index < -0.39 is 0 Å². The number of hydrogen-bond acceptors (Lipinski definition) is 5. The molecule has 1 aliphatic rings. The van der Waals surface area contributed by atoms with Gasteiger partial charge >= 0.3 is 0 Å². The monoisotopic (exact) mass is 474 g/mol.